The molecule has 34 heavy (non-hydrogen) atoms. The summed E-state index contributed by atoms with van der Waals surface area (Å²) in [7, 11) is -3.08. The SMILES string of the molecule is Cc1ccc(C(c2ccc(Cl)o2)n2cc(CCS(C)(=O)=O)c3ccccc32)c(N2CCCC2)c1. The van der Waals surface area contributed by atoms with Crippen LogP contribution in [0.15, 0.2) is 65.2 Å². The first-order valence-electron chi connectivity index (χ1n) is 11.7. The molecule has 2 aromatic carbocycles. The van der Waals surface area contributed by atoms with Gasteiger partial charge in [-0.15, -0.1) is 0 Å². The number of anilines is 1. The lowest BCUT2D eigenvalue weighted by Gasteiger charge is -2.27. The Morgan fingerprint density at radius 3 is 2.53 bits per heavy atom. The van der Waals surface area contributed by atoms with Gasteiger partial charge in [-0.25, -0.2) is 8.42 Å². The maximum atomic E-state index is 11.9. The minimum atomic E-state index is -3.08. The van der Waals surface area contributed by atoms with Crippen molar-refractivity contribution in [2.75, 3.05) is 30.0 Å². The molecule has 0 amide bonds. The van der Waals surface area contributed by atoms with E-state index in [9.17, 15) is 8.42 Å². The maximum absolute atomic E-state index is 11.9. The fraction of sp³-hybridized carbons (Fsp3) is 0.333. The topological polar surface area (TPSA) is 55.5 Å². The number of hydrogen-bond acceptors (Lipinski definition) is 4. The van der Waals surface area contributed by atoms with Crippen molar-refractivity contribution in [2.24, 2.45) is 0 Å². The largest absolute Gasteiger partial charge is 0.447 e. The molecule has 2 aromatic heterocycles. The first-order valence-corrected chi connectivity index (χ1v) is 14.1. The Hall–Kier alpha value is -2.70. The average molecular weight is 497 g/mol. The number of halogens is 1. The van der Waals surface area contributed by atoms with E-state index in [1.54, 1.807) is 6.07 Å². The van der Waals surface area contributed by atoms with Crippen LogP contribution in [0.3, 0.4) is 0 Å². The number of nitrogens with zero attached hydrogens (tertiary/aromatic N) is 2. The van der Waals surface area contributed by atoms with Crippen LogP contribution >= 0.6 is 11.6 Å². The lowest BCUT2D eigenvalue weighted by Crippen LogP contribution is -2.22. The van der Waals surface area contributed by atoms with Crippen molar-refractivity contribution >= 4 is 38.0 Å². The summed E-state index contributed by atoms with van der Waals surface area (Å²) < 4.78 is 32.0. The van der Waals surface area contributed by atoms with Crippen LogP contribution in [0.4, 0.5) is 5.69 Å². The minimum absolute atomic E-state index is 0.113. The highest BCUT2D eigenvalue weighted by molar-refractivity contribution is 7.90. The Kier molecular flexibility index (Phi) is 6.21. The monoisotopic (exact) mass is 496 g/mol. The fourth-order valence-corrected chi connectivity index (χ4v) is 5.76. The maximum Gasteiger partial charge on any atom is 0.193 e. The number of sulfone groups is 1. The molecule has 1 aliphatic heterocycles. The molecule has 5 rings (SSSR count). The van der Waals surface area contributed by atoms with Crippen LogP contribution in [0.25, 0.3) is 10.9 Å². The van der Waals surface area contributed by atoms with E-state index in [0.717, 1.165) is 40.9 Å². The number of fused-ring (bicyclic) bond motifs is 1. The van der Waals surface area contributed by atoms with E-state index < -0.39 is 9.84 Å². The first-order chi connectivity index (χ1) is 16.3. The molecule has 1 saturated heterocycles. The number of rotatable bonds is 7. The van der Waals surface area contributed by atoms with Crippen LogP contribution in [-0.2, 0) is 16.3 Å². The van der Waals surface area contributed by atoms with Crippen LogP contribution in [0.2, 0.25) is 5.22 Å². The second-order valence-electron chi connectivity index (χ2n) is 9.26. The summed E-state index contributed by atoms with van der Waals surface area (Å²) in [5.74, 6) is 0.867. The number of aromatic nitrogens is 1. The van der Waals surface area contributed by atoms with Crippen LogP contribution in [0.5, 0.6) is 0 Å². The van der Waals surface area contributed by atoms with Gasteiger partial charge in [0.2, 0.25) is 0 Å². The van der Waals surface area contributed by atoms with E-state index in [1.807, 2.05) is 18.2 Å². The van der Waals surface area contributed by atoms with Crippen molar-refractivity contribution in [1.82, 2.24) is 4.57 Å². The second-order valence-corrected chi connectivity index (χ2v) is 11.9. The molecule has 3 heterocycles. The van der Waals surface area contributed by atoms with Gasteiger partial charge in [0.25, 0.3) is 0 Å². The van der Waals surface area contributed by atoms with Crippen LogP contribution in [-0.4, -0.2) is 38.1 Å². The van der Waals surface area contributed by atoms with Gasteiger partial charge in [-0.05, 0) is 73.2 Å². The van der Waals surface area contributed by atoms with Crippen molar-refractivity contribution in [3.8, 4) is 0 Å². The average Bonchev–Trinajstić information content (AvgIpc) is 3.54. The summed E-state index contributed by atoms with van der Waals surface area (Å²) in [6.45, 7) is 4.19. The lowest BCUT2D eigenvalue weighted by molar-refractivity contribution is 0.466. The predicted octanol–water partition coefficient (Wildman–Crippen LogP) is 6.02. The summed E-state index contributed by atoms with van der Waals surface area (Å²) in [5, 5.41) is 1.41. The van der Waals surface area contributed by atoms with E-state index in [2.05, 4.69) is 52.9 Å². The van der Waals surface area contributed by atoms with Gasteiger partial charge in [-0.3, -0.25) is 0 Å². The van der Waals surface area contributed by atoms with Crippen molar-refractivity contribution < 1.29 is 12.8 Å². The Balaban J connectivity index is 1.72. The van der Waals surface area contributed by atoms with Gasteiger partial charge in [0.05, 0.1) is 5.75 Å². The first kappa shape index (κ1) is 23.1. The van der Waals surface area contributed by atoms with Gasteiger partial charge in [-0.2, -0.15) is 0 Å². The normalized spacial score (nSPS) is 15.3. The molecule has 4 aromatic rings. The summed E-state index contributed by atoms with van der Waals surface area (Å²) in [6, 6.07) is 18.2. The van der Waals surface area contributed by atoms with Gasteiger partial charge in [0.15, 0.2) is 5.22 Å². The van der Waals surface area contributed by atoms with E-state index in [4.69, 9.17) is 16.0 Å². The Labute approximate surface area is 205 Å². The molecule has 0 N–H and O–H groups in total. The molecule has 0 aliphatic carbocycles. The number of benzene rings is 2. The van der Waals surface area contributed by atoms with E-state index >= 15 is 0 Å². The van der Waals surface area contributed by atoms with Crippen LogP contribution in [0.1, 0.15) is 41.3 Å². The molecule has 0 spiro atoms. The molecule has 0 saturated carbocycles. The summed E-state index contributed by atoms with van der Waals surface area (Å²) in [5.41, 5.74) is 5.63. The molecular weight excluding hydrogens is 468 g/mol. The standard InChI is InChI=1S/C27H29ClN2O3S/c1-19-9-10-22(24(17-19)29-14-5-6-15-29)27(25-11-12-26(28)33-25)30-18-20(13-16-34(2,31)32)21-7-3-4-8-23(21)30/h3-4,7-12,17-18,27H,5-6,13-16H2,1-2H3. The summed E-state index contributed by atoms with van der Waals surface area (Å²) in [6.07, 6.45) is 6.21. The third kappa shape index (κ3) is 4.62. The number of para-hydroxylation sites is 1. The Bertz CT molecular complexity index is 1430. The molecule has 1 unspecified atom stereocenters. The van der Waals surface area contributed by atoms with Crippen LogP contribution in [0, 0.1) is 6.92 Å². The minimum Gasteiger partial charge on any atom is -0.447 e. The van der Waals surface area contributed by atoms with Crippen molar-refractivity contribution in [1.29, 1.82) is 0 Å². The molecular formula is C27H29ClN2O3S. The van der Waals surface area contributed by atoms with Crippen LogP contribution < -0.4 is 4.90 Å². The van der Waals surface area contributed by atoms with Gasteiger partial charge >= 0.3 is 0 Å². The van der Waals surface area contributed by atoms with Gasteiger partial charge in [0.1, 0.15) is 21.6 Å². The van der Waals surface area contributed by atoms with E-state index in [0.29, 0.717) is 11.6 Å². The molecule has 1 fully saturated rings. The van der Waals surface area contributed by atoms with Crippen molar-refractivity contribution in [3.63, 3.8) is 0 Å². The van der Waals surface area contributed by atoms with Gasteiger partial charge < -0.3 is 13.9 Å². The molecule has 1 aliphatic rings. The quantitative estimate of drug-likeness (QED) is 0.314. The van der Waals surface area contributed by atoms with Crippen molar-refractivity contribution in [2.45, 2.75) is 32.2 Å². The van der Waals surface area contributed by atoms with E-state index in [1.165, 1.54) is 30.3 Å². The van der Waals surface area contributed by atoms with Gasteiger partial charge in [0, 0.05) is 47.7 Å². The summed E-state index contributed by atoms with van der Waals surface area (Å²) >= 11 is 6.24. The molecule has 7 heteroatoms. The molecule has 178 valence electrons. The zero-order valence-electron chi connectivity index (χ0n) is 19.5. The predicted molar refractivity (Wildman–Crippen MR) is 139 cm³/mol. The zero-order chi connectivity index (χ0) is 23.9. The summed E-state index contributed by atoms with van der Waals surface area (Å²) in [4.78, 5) is 2.45. The lowest BCUT2D eigenvalue weighted by atomic mass is 9.99. The van der Waals surface area contributed by atoms with Crippen molar-refractivity contribution in [3.05, 3.63) is 88.5 Å². The Morgan fingerprint density at radius 1 is 1.06 bits per heavy atom. The fourth-order valence-electron chi connectivity index (χ4n) is 5.02. The van der Waals surface area contributed by atoms with Gasteiger partial charge in [-0.1, -0.05) is 30.3 Å². The highest BCUT2D eigenvalue weighted by atomic mass is 35.5. The number of hydrogen-bond donors (Lipinski definition) is 0. The molecule has 0 bridgehead atoms. The zero-order valence-corrected chi connectivity index (χ0v) is 21.1. The number of furan rings is 1. The number of aryl methyl sites for hydroxylation is 2. The highest BCUT2D eigenvalue weighted by Gasteiger charge is 2.28. The molecule has 0 radical (unpaired) electrons. The highest BCUT2D eigenvalue weighted by Crippen LogP contribution is 2.40. The second kappa shape index (κ2) is 9.16. The Morgan fingerprint density at radius 2 is 1.82 bits per heavy atom. The third-order valence-electron chi connectivity index (χ3n) is 6.63. The molecule has 1 atom stereocenters. The third-order valence-corrected chi connectivity index (χ3v) is 7.78. The van der Waals surface area contributed by atoms with E-state index in [-0.39, 0.29) is 11.8 Å². The molecule has 5 nitrogen and oxygen atoms in total. The smallest absolute Gasteiger partial charge is 0.193 e.